The molecule has 0 spiro atoms. The lowest BCUT2D eigenvalue weighted by atomic mass is 10.1. The Labute approximate surface area is 95.0 Å². The van der Waals surface area contributed by atoms with Gasteiger partial charge in [-0.2, -0.15) is 0 Å². The van der Waals surface area contributed by atoms with E-state index in [1.807, 2.05) is 43.3 Å². The zero-order valence-corrected chi connectivity index (χ0v) is 9.29. The van der Waals surface area contributed by atoms with Crippen LogP contribution >= 0.6 is 0 Å². The van der Waals surface area contributed by atoms with Crippen LogP contribution in [0.1, 0.15) is 22.4 Å². The average molecular weight is 212 g/mol. The van der Waals surface area contributed by atoms with Crippen molar-refractivity contribution in [2.75, 3.05) is 0 Å². The van der Waals surface area contributed by atoms with Crippen LogP contribution in [0.25, 0.3) is 0 Å². The molecule has 0 amide bonds. The van der Waals surface area contributed by atoms with Gasteiger partial charge in [0.05, 0.1) is 0 Å². The van der Waals surface area contributed by atoms with Gasteiger partial charge in [-0.05, 0) is 31.0 Å². The molecule has 2 rings (SSSR count). The second kappa shape index (κ2) is 4.35. The van der Waals surface area contributed by atoms with Gasteiger partial charge in [0.25, 0.3) is 5.56 Å². The molecular weight excluding hydrogens is 198 g/mol. The fraction of sp³-hybridized carbons (Fsp3) is 0.143. The number of benzene rings is 1. The summed E-state index contributed by atoms with van der Waals surface area (Å²) >= 11 is 0. The molecule has 1 radical (unpaired) electrons. The van der Waals surface area contributed by atoms with Gasteiger partial charge in [0.1, 0.15) is 0 Å². The maximum absolute atomic E-state index is 11.5. The number of nitrogens with one attached hydrogen (secondary N) is 1. The van der Waals surface area contributed by atoms with E-state index in [0.717, 1.165) is 17.7 Å². The van der Waals surface area contributed by atoms with Gasteiger partial charge < -0.3 is 4.98 Å². The molecule has 0 saturated carbocycles. The summed E-state index contributed by atoms with van der Waals surface area (Å²) in [5.74, 6) is 0. The van der Waals surface area contributed by atoms with Crippen molar-refractivity contribution in [2.45, 2.75) is 13.3 Å². The first-order valence-corrected chi connectivity index (χ1v) is 5.25. The minimum Gasteiger partial charge on any atom is -0.326 e. The zero-order chi connectivity index (χ0) is 11.5. The monoisotopic (exact) mass is 212 g/mol. The summed E-state index contributed by atoms with van der Waals surface area (Å²) < 4.78 is 0. The standard InChI is InChI=1S/C14H14NO/c1-10-8-13(15-14(16)11(10)2)9-12-6-4-3-5-7-12/h3-8H,2,9H2,1H3,(H,15,16). The quantitative estimate of drug-likeness (QED) is 0.815. The summed E-state index contributed by atoms with van der Waals surface area (Å²) in [4.78, 5) is 14.4. The van der Waals surface area contributed by atoms with E-state index in [4.69, 9.17) is 0 Å². The summed E-state index contributed by atoms with van der Waals surface area (Å²) in [7, 11) is 0. The highest BCUT2D eigenvalue weighted by molar-refractivity contribution is 5.30. The van der Waals surface area contributed by atoms with Crippen LogP contribution < -0.4 is 5.56 Å². The minimum absolute atomic E-state index is 0.0917. The molecule has 0 unspecified atom stereocenters. The lowest BCUT2D eigenvalue weighted by molar-refractivity contribution is 1.02. The molecule has 1 heterocycles. The van der Waals surface area contributed by atoms with E-state index in [1.54, 1.807) is 0 Å². The van der Waals surface area contributed by atoms with Crippen LogP contribution in [0.15, 0.2) is 41.2 Å². The summed E-state index contributed by atoms with van der Waals surface area (Å²) in [6.45, 7) is 5.63. The molecule has 0 atom stereocenters. The molecule has 1 aromatic carbocycles. The van der Waals surface area contributed by atoms with Crippen LogP contribution in [0.4, 0.5) is 0 Å². The highest BCUT2D eigenvalue weighted by Crippen LogP contribution is 2.08. The first-order chi connectivity index (χ1) is 7.66. The Morgan fingerprint density at radius 3 is 2.56 bits per heavy atom. The van der Waals surface area contributed by atoms with Crippen LogP contribution in [0.3, 0.4) is 0 Å². The van der Waals surface area contributed by atoms with Gasteiger partial charge in [-0.25, -0.2) is 0 Å². The third-order valence-electron chi connectivity index (χ3n) is 2.65. The molecule has 0 aliphatic heterocycles. The molecule has 0 fully saturated rings. The van der Waals surface area contributed by atoms with Gasteiger partial charge in [-0.15, -0.1) is 0 Å². The van der Waals surface area contributed by atoms with Gasteiger partial charge in [0, 0.05) is 17.7 Å². The minimum atomic E-state index is -0.0917. The normalized spacial score (nSPS) is 10.4. The van der Waals surface area contributed by atoms with Gasteiger partial charge in [0.2, 0.25) is 0 Å². The van der Waals surface area contributed by atoms with E-state index < -0.39 is 0 Å². The van der Waals surface area contributed by atoms with Gasteiger partial charge in [-0.3, -0.25) is 4.79 Å². The third-order valence-corrected chi connectivity index (χ3v) is 2.65. The number of aromatic nitrogens is 1. The molecule has 0 bridgehead atoms. The number of pyridine rings is 1. The lowest BCUT2D eigenvalue weighted by Gasteiger charge is -2.05. The average Bonchev–Trinajstić information content (AvgIpc) is 2.27. The number of hydrogen-bond acceptors (Lipinski definition) is 1. The summed E-state index contributed by atoms with van der Waals surface area (Å²) in [6.07, 6.45) is 0.747. The van der Waals surface area contributed by atoms with E-state index in [-0.39, 0.29) is 5.56 Å². The molecule has 1 N–H and O–H groups in total. The fourth-order valence-electron chi connectivity index (χ4n) is 1.70. The molecule has 81 valence electrons. The summed E-state index contributed by atoms with van der Waals surface area (Å²) in [5.41, 5.74) is 3.52. The van der Waals surface area contributed by atoms with Crippen LogP contribution in [-0.2, 0) is 6.42 Å². The molecule has 0 aliphatic carbocycles. The smallest absolute Gasteiger partial charge is 0.251 e. The highest BCUT2D eigenvalue weighted by Gasteiger charge is 2.02. The Bertz CT molecular complexity index is 540. The van der Waals surface area contributed by atoms with Gasteiger partial charge >= 0.3 is 0 Å². The van der Waals surface area contributed by atoms with Crippen molar-refractivity contribution in [1.82, 2.24) is 4.98 Å². The molecule has 2 heteroatoms. The van der Waals surface area contributed by atoms with E-state index in [1.165, 1.54) is 5.56 Å². The van der Waals surface area contributed by atoms with Crippen molar-refractivity contribution in [1.29, 1.82) is 0 Å². The number of aryl methyl sites for hydroxylation is 1. The SMILES string of the molecule is [CH2]c1c(C)cc(Cc2ccccc2)[nH]c1=O. The van der Waals surface area contributed by atoms with Crippen molar-refractivity contribution in [2.24, 2.45) is 0 Å². The van der Waals surface area contributed by atoms with E-state index in [2.05, 4.69) is 11.9 Å². The van der Waals surface area contributed by atoms with E-state index in [0.29, 0.717) is 5.56 Å². The number of hydrogen-bond donors (Lipinski definition) is 1. The van der Waals surface area contributed by atoms with Crippen molar-refractivity contribution in [3.05, 3.63) is 76.1 Å². The molecule has 0 aliphatic rings. The van der Waals surface area contributed by atoms with E-state index in [9.17, 15) is 4.79 Å². The zero-order valence-electron chi connectivity index (χ0n) is 9.29. The second-order valence-corrected chi connectivity index (χ2v) is 3.95. The topological polar surface area (TPSA) is 32.9 Å². The maximum atomic E-state index is 11.5. The van der Waals surface area contributed by atoms with Crippen molar-refractivity contribution >= 4 is 0 Å². The first kappa shape index (κ1) is 10.7. The molecule has 16 heavy (non-hydrogen) atoms. The number of aromatic amines is 1. The molecule has 2 nitrogen and oxygen atoms in total. The van der Waals surface area contributed by atoms with Crippen LogP contribution in [0.5, 0.6) is 0 Å². The molecule has 1 aromatic heterocycles. The first-order valence-electron chi connectivity index (χ1n) is 5.25. The molecular formula is C14H14NO. The fourth-order valence-corrected chi connectivity index (χ4v) is 1.70. The molecule has 2 aromatic rings. The van der Waals surface area contributed by atoms with Crippen LogP contribution in [0, 0.1) is 13.8 Å². The van der Waals surface area contributed by atoms with Gasteiger partial charge in [0.15, 0.2) is 0 Å². The Morgan fingerprint density at radius 1 is 1.25 bits per heavy atom. The van der Waals surface area contributed by atoms with Crippen LogP contribution in [0.2, 0.25) is 0 Å². The summed E-state index contributed by atoms with van der Waals surface area (Å²) in [5, 5.41) is 0. The third kappa shape index (κ3) is 2.22. The lowest BCUT2D eigenvalue weighted by Crippen LogP contribution is -2.13. The van der Waals surface area contributed by atoms with E-state index >= 15 is 0 Å². The van der Waals surface area contributed by atoms with Crippen LogP contribution in [-0.4, -0.2) is 4.98 Å². The summed E-state index contributed by atoms with van der Waals surface area (Å²) in [6, 6.07) is 12.1. The number of H-pyrrole nitrogens is 1. The second-order valence-electron chi connectivity index (χ2n) is 3.95. The largest absolute Gasteiger partial charge is 0.326 e. The molecule has 0 saturated heterocycles. The number of rotatable bonds is 2. The van der Waals surface area contributed by atoms with Gasteiger partial charge in [-0.1, -0.05) is 30.3 Å². The Morgan fingerprint density at radius 2 is 1.94 bits per heavy atom. The Balaban J connectivity index is 2.33. The Kier molecular flexibility index (Phi) is 2.91. The van der Waals surface area contributed by atoms with Crippen molar-refractivity contribution < 1.29 is 0 Å². The predicted octanol–water partition coefficient (Wildman–Crippen LogP) is 2.46. The van der Waals surface area contributed by atoms with Crippen molar-refractivity contribution in [3.63, 3.8) is 0 Å². The maximum Gasteiger partial charge on any atom is 0.251 e. The predicted molar refractivity (Wildman–Crippen MR) is 65.5 cm³/mol. The highest BCUT2D eigenvalue weighted by atomic mass is 16.1. The van der Waals surface area contributed by atoms with Crippen molar-refractivity contribution in [3.8, 4) is 0 Å². The Hall–Kier alpha value is -1.83.